The summed E-state index contributed by atoms with van der Waals surface area (Å²) < 4.78 is 3.02. The summed E-state index contributed by atoms with van der Waals surface area (Å²) in [4.78, 5) is 0. The summed E-state index contributed by atoms with van der Waals surface area (Å²) >= 11 is 3.65. The first kappa shape index (κ1) is 13.3. The van der Waals surface area contributed by atoms with Gasteiger partial charge in [-0.2, -0.15) is 5.10 Å². The lowest BCUT2D eigenvalue weighted by Crippen LogP contribution is -2.56. The molecule has 1 aromatic rings. The van der Waals surface area contributed by atoms with E-state index in [0.29, 0.717) is 11.8 Å². The maximum atomic E-state index is 11.7. The fourth-order valence-electron chi connectivity index (χ4n) is 5.40. The van der Waals surface area contributed by atoms with Crippen molar-refractivity contribution < 1.29 is 5.11 Å². The van der Waals surface area contributed by atoms with Crippen LogP contribution in [0.1, 0.15) is 57.7 Å². The SMILES string of the molecule is CC(C)n1ncc(Br)c1C1(O)C2CC3CC(C2)CC1C3. The summed E-state index contributed by atoms with van der Waals surface area (Å²) in [6, 6.07) is 0.289. The molecule has 4 fully saturated rings. The van der Waals surface area contributed by atoms with Gasteiger partial charge in [-0.25, -0.2) is 0 Å². The van der Waals surface area contributed by atoms with Gasteiger partial charge in [-0.1, -0.05) is 0 Å². The normalized spacial score (nSPS) is 42.6. The van der Waals surface area contributed by atoms with Crippen LogP contribution in [0.5, 0.6) is 0 Å². The van der Waals surface area contributed by atoms with Crippen LogP contribution in [0.4, 0.5) is 0 Å². The quantitative estimate of drug-likeness (QED) is 0.888. The average Bonchev–Trinajstić information content (AvgIpc) is 2.77. The number of aliphatic hydroxyl groups is 1. The predicted octanol–water partition coefficient (Wildman–Crippen LogP) is 3.87. The van der Waals surface area contributed by atoms with Gasteiger partial charge in [0.1, 0.15) is 5.60 Å². The van der Waals surface area contributed by atoms with Crippen molar-refractivity contribution in [2.75, 3.05) is 0 Å². The number of hydrogen-bond donors (Lipinski definition) is 1. The second-order valence-electron chi connectivity index (χ2n) is 7.51. The maximum absolute atomic E-state index is 11.7. The van der Waals surface area contributed by atoms with Crippen LogP contribution < -0.4 is 0 Å². The highest BCUT2D eigenvalue weighted by Gasteiger charge is 2.59. The van der Waals surface area contributed by atoms with Gasteiger partial charge in [0.15, 0.2) is 0 Å². The van der Waals surface area contributed by atoms with Gasteiger partial charge >= 0.3 is 0 Å². The standard InChI is InChI=1S/C16H23BrN2O/c1-9(2)19-15(14(17)8-18-19)16(20)12-4-10-3-11(6-12)7-13(16)5-10/h8-13,20H,3-7H2,1-2H3. The zero-order valence-electron chi connectivity index (χ0n) is 12.2. The van der Waals surface area contributed by atoms with Crippen LogP contribution in [-0.4, -0.2) is 14.9 Å². The van der Waals surface area contributed by atoms with Crippen molar-refractivity contribution in [3.63, 3.8) is 0 Å². The molecule has 0 saturated heterocycles. The minimum atomic E-state index is -0.660. The third kappa shape index (κ3) is 1.64. The Hall–Kier alpha value is -0.350. The maximum Gasteiger partial charge on any atom is 0.113 e. The molecule has 3 nitrogen and oxygen atoms in total. The van der Waals surface area contributed by atoms with E-state index in [9.17, 15) is 5.11 Å². The molecule has 0 atom stereocenters. The predicted molar refractivity (Wildman–Crippen MR) is 81.3 cm³/mol. The Bertz CT molecular complexity index is 509. The van der Waals surface area contributed by atoms with Crippen molar-refractivity contribution >= 4 is 15.9 Å². The summed E-state index contributed by atoms with van der Waals surface area (Å²) in [7, 11) is 0. The number of halogens is 1. The zero-order valence-corrected chi connectivity index (χ0v) is 13.8. The summed E-state index contributed by atoms with van der Waals surface area (Å²) in [5.41, 5.74) is 0.383. The fraction of sp³-hybridized carbons (Fsp3) is 0.812. The smallest absolute Gasteiger partial charge is 0.113 e. The molecule has 0 radical (unpaired) electrons. The van der Waals surface area contributed by atoms with Gasteiger partial charge in [0.2, 0.25) is 0 Å². The Kier molecular flexibility index (Phi) is 2.88. The van der Waals surface area contributed by atoms with Crippen molar-refractivity contribution in [2.45, 2.75) is 57.6 Å². The molecule has 0 amide bonds. The molecule has 110 valence electrons. The first-order valence-corrected chi connectivity index (χ1v) is 8.75. The monoisotopic (exact) mass is 338 g/mol. The van der Waals surface area contributed by atoms with Gasteiger partial charge in [0, 0.05) is 6.04 Å². The van der Waals surface area contributed by atoms with Crippen molar-refractivity contribution in [3.8, 4) is 0 Å². The second kappa shape index (κ2) is 4.33. The number of nitrogens with zero attached hydrogens (tertiary/aromatic N) is 2. The van der Waals surface area contributed by atoms with E-state index in [1.807, 2.05) is 10.9 Å². The average molecular weight is 339 g/mol. The van der Waals surface area contributed by atoms with Crippen LogP contribution in [0.3, 0.4) is 0 Å². The van der Waals surface area contributed by atoms with Crippen molar-refractivity contribution in [2.24, 2.45) is 23.7 Å². The van der Waals surface area contributed by atoms with Crippen LogP contribution >= 0.6 is 15.9 Å². The van der Waals surface area contributed by atoms with Gasteiger partial charge in [-0.05, 0) is 85.6 Å². The largest absolute Gasteiger partial charge is 0.383 e. The lowest BCUT2D eigenvalue weighted by Gasteiger charge is -2.59. The molecule has 5 rings (SSSR count). The van der Waals surface area contributed by atoms with E-state index in [2.05, 4.69) is 34.9 Å². The summed E-state index contributed by atoms with van der Waals surface area (Å²) in [5.74, 6) is 2.60. The van der Waals surface area contributed by atoms with Gasteiger partial charge in [-0.15, -0.1) is 0 Å². The molecule has 4 aliphatic rings. The Balaban J connectivity index is 1.83. The van der Waals surface area contributed by atoms with Gasteiger partial charge in [0.25, 0.3) is 0 Å². The molecule has 1 N–H and O–H groups in total. The zero-order chi connectivity index (χ0) is 14.1. The number of aromatic nitrogens is 2. The molecule has 1 heterocycles. The first-order chi connectivity index (χ1) is 9.50. The molecule has 20 heavy (non-hydrogen) atoms. The topological polar surface area (TPSA) is 38.0 Å². The van der Waals surface area contributed by atoms with Crippen LogP contribution in [0.25, 0.3) is 0 Å². The van der Waals surface area contributed by atoms with Crippen molar-refractivity contribution in [1.29, 1.82) is 0 Å². The molecule has 0 unspecified atom stereocenters. The van der Waals surface area contributed by atoms with E-state index >= 15 is 0 Å². The van der Waals surface area contributed by atoms with Crippen LogP contribution in [0.2, 0.25) is 0 Å². The fourth-order valence-corrected chi connectivity index (χ4v) is 5.99. The molecule has 1 aromatic heterocycles. The molecule has 0 spiro atoms. The molecule has 4 saturated carbocycles. The van der Waals surface area contributed by atoms with Crippen LogP contribution in [0.15, 0.2) is 10.7 Å². The molecule has 4 aliphatic carbocycles. The first-order valence-electron chi connectivity index (χ1n) is 7.96. The minimum Gasteiger partial charge on any atom is -0.383 e. The van der Waals surface area contributed by atoms with Crippen LogP contribution in [-0.2, 0) is 5.60 Å². The minimum absolute atomic E-state index is 0.289. The third-order valence-electron chi connectivity index (χ3n) is 6.00. The molecule has 0 aliphatic heterocycles. The molecule has 0 aromatic carbocycles. The number of rotatable bonds is 2. The Labute approximate surface area is 128 Å². The van der Waals surface area contributed by atoms with Crippen molar-refractivity contribution in [1.82, 2.24) is 9.78 Å². The Morgan fingerprint density at radius 3 is 2.25 bits per heavy atom. The Morgan fingerprint density at radius 2 is 1.75 bits per heavy atom. The summed E-state index contributed by atoms with van der Waals surface area (Å²) in [6.45, 7) is 4.28. The van der Waals surface area contributed by atoms with E-state index in [-0.39, 0.29) is 6.04 Å². The lowest BCUT2D eigenvalue weighted by atomic mass is 9.49. The molecule has 4 heteroatoms. The van der Waals surface area contributed by atoms with Crippen LogP contribution in [0, 0.1) is 23.7 Å². The van der Waals surface area contributed by atoms with Gasteiger partial charge in [0.05, 0.1) is 16.4 Å². The lowest BCUT2D eigenvalue weighted by molar-refractivity contribution is -0.184. The molecular weight excluding hydrogens is 316 g/mol. The van der Waals surface area contributed by atoms with E-state index < -0.39 is 5.60 Å². The van der Waals surface area contributed by atoms with Gasteiger partial charge < -0.3 is 5.11 Å². The summed E-state index contributed by atoms with van der Waals surface area (Å²) in [5, 5.41) is 16.2. The van der Waals surface area contributed by atoms with E-state index in [4.69, 9.17) is 0 Å². The highest BCUT2D eigenvalue weighted by Crippen LogP contribution is 2.62. The molecule has 4 bridgehead atoms. The highest BCUT2D eigenvalue weighted by atomic mass is 79.9. The highest BCUT2D eigenvalue weighted by molar-refractivity contribution is 9.10. The number of hydrogen-bond acceptors (Lipinski definition) is 2. The molecular formula is C16H23BrN2O. The third-order valence-corrected chi connectivity index (χ3v) is 6.58. The van der Waals surface area contributed by atoms with E-state index in [0.717, 1.165) is 22.0 Å². The van der Waals surface area contributed by atoms with E-state index in [1.54, 1.807) is 0 Å². The summed E-state index contributed by atoms with van der Waals surface area (Å²) in [6.07, 6.45) is 8.10. The second-order valence-corrected chi connectivity index (χ2v) is 8.36. The van der Waals surface area contributed by atoms with E-state index in [1.165, 1.54) is 32.1 Å². The van der Waals surface area contributed by atoms with Gasteiger partial charge in [-0.3, -0.25) is 4.68 Å². The van der Waals surface area contributed by atoms with Crippen molar-refractivity contribution in [3.05, 3.63) is 16.4 Å². The Morgan fingerprint density at radius 1 is 1.20 bits per heavy atom.